The molecule has 0 aromatic heterocycles. The highest BCUT2D eigenvalue weighted by Crippen LogP contribution is 2.10. The summed E-state index contributed by atoms with van der Waals surface area (Å²) in [6.45, 7) is 7.16. The number of hydrogen-bond acceptors (Lipinski definition) is 3. The van der Waals surface area contributed by atoms with Crippen LogP contribution in [-0.4, -0.2) is 38.6 Å². The molecule has 1 unspecified atom stereocenters. The summed E-state index contributed by atoms with van der Waals surface area (Å²) < 4.78 is 0. The Morgan fingerprint density at radius 2 is 1.52 bits per heavy atom. The molecule has 0 saturated carbocycles. The van der Waals surface area contributed by atoms with Gasteiger partial charge in [0.05, 0.1) is 0 Å². The maximum atomic E-state index is 11.8. The van der Waals surface area contributed by atoms with Gasteiger partial charge in [0.15, 0.2) is 0 Å². The van der Waals surface area contributed by atoms with Gasteiger partial charge in [-0.3, -0.25) is 4.79 Å². The van der Waals surface area contributed by atoms with Gasteiger partial charge in [-0.05, 0) is 39.9 Å². The minimum Gasteiger partial charge on any atom is -0.354 e. The third kappa shape index (κ3) is 17.6. The molecule has 1 atom stereocenters. The lowest BCUT2D eigenvalue weighted by Gasteiger charge is -2.14. The van der Waals surface area contributed by atoms with Crippen LogP contribution in [-0.2, 0) is 4.79 Å². The zero-order valence-electron chi connectivity index (χ0n) is 15.9. The smallest absolute Gasteiger partial charge is 0.221 e. The van der Waals surface area contributed by atoms with E-state index < -0.39 is 0 Å². The van der Waals surface area contributed by atoms with Crippen LogP contribution in [0.3, 0.4) is 0 Å². The molecule has 1 amide bonds. The Balaban J connectivity index is 3.33. The lowest BCUT2D eigenvalue weighted by molar-refractivity contribution is -0.121. The molecule has 138 valence electrons. The van der Waals surface area contributed by atoms with Gasteiger partial charge in [-0.2, -0.15) is 0 Å². The number of hydrogen-bond donors (Lipinski definition) is 3. The third-order valence-electron chi connectivity index (χ3n) is 4.21. The number of carbonyl (C=O) groups excluding carboxylic acids is 1. The third-order valence-corrected chi connectivity index (χ3v) is 4.21. The fraction of sp³-hybridized carbons (Fsp3) is 0.947. The van der Waals surface area contributed by atoms with Crippen molar-refractivity contribution in [3.63, 3.8) is 0 Å². The first kappa shape index (κ1) is 22.4. The Labute approximate surface area is 144 Å². The summed E-state index contributed by atoms with van der Waals surface area (Å²) in [7, 11) is 1.96. The molecule has 0 fully saturated rings. The van der Waals surface area contributed by atoms with Gasteiger partial charge in [0.1, 0.15) is 0 Å². The molecule has 4 heteroatoms. The Morgan fingerprint density at radius 3 is 2.17 bits per heavy atom. The van der Waals surface area contributed by atoms with Crippen LogP contribution in [0.25, 0.3) is 0 Å². The molecular formula is C19H41N3O. The highest BCUT2D eigenvalue weighted by atomic mass is 16.1. The molecule has 0 rings (SSSR count). The molecule has 0 aromatic carbocycles. The first-order valence-electron chi connectivity index (χ1n) is 9.85. The molecule has 0 spiro atoms. The second-order valence-corrected chi connectivity index (χ2v) is 6.69. The average Bonchev–Trinajstić information content (AvgIpc) is 2.53. The van der Waals surface area contributed by atoms with Gasteiger partial charge in [0.25, 0.3) is 0 Å². The largest absolute Gasteiger partial charge is 0.354 e. The van der Waals surface area contributed by atoms with Crippen LogP contribution in [0.5, 0.6) is 0 Å². The van der Waals surface area contributed by atoms with Crippen molar-refractivity contribution >= 4 is 5.91 Å². The van der Waals surface area contributed by atoms with Crippen LogP contribution >= 0.6 is 0 Å². The van der Waals surface area contributed by atoms with Crippen molar-refractivity contribution in [2.24, 2.45) is 0 Å². The predicted octanol–water partition coefficient (Wildman–Crippen LogP) is 3.61. The van der Waals surface area contributed by atoms with Gasteiger partial charge in [0.2, 0.25) is 5.91 Å². The average molecular weight is 328 g/mol. The molecule has 0 aliphatic carbocycles. The molecule has 0 heterocycles. The molecule has 0 radical (unpaired) electrons. The van der Waals surface area contributed by atoms with Crippen LogP contribution in [0, 0.1) is 0 Å². The summed E-state index contributed by atoms with van der Waals surface area (Å²) in [6.07, 6.45) is 13.5. The maximum Gasteiger partial charge on any atom is 0.221 e. The second kappa shape index (κ2) is 17.7. The van der Waals surface area contributed by atoms with E-state index in [9.17, 15) is 4.79 Å². The molecule has 23 heavy (non-hydrogen) atoms. The van der Waals surface area contributed by atoms with Gasteiger partial charge in [-0.1, -0.05) is 58.3 Å². The number of carbonyl (C=O) groups is 1. The molecule has 0 aliphatic heterocycles. The summed E-state index contributed by atoms with van der Waals surface area (Å²) in [4.78, 5) is 11.8. The van der Waals surface area contributed by atoms with E-state index in [0.29, 0.717) is 12.5 Å². The maximum absolute atomic E-state index is 11.8. The summed E-state index contributed by atoms with van der Waals surface area (Å²) in [5, 5.41) is 9.53. The molecule has 0 bridgehead atoms. The topological polar surface area (TPSA) is 53.2 Å². The SMILES string of the molecule is CCCCCCCCCCC(C)NC(=O)CCNCCCNC. The minimum atomic E-state index is 0.179. The van der Waals surface area contributed by atoms with Gasteiger partial charge >= 0.3 is 0 Å². The second-order valence-electron chi connectivity index (χ2n) is 6.69. The van der Waals surface area contributed by atoms with Gasteiger partial charge in [0, 0.05) is 19.0 Å². The summed E-state index contributed by atoms with van der Waals surface area (Å²) in [5.41, 5.74) is 0. The van der Waals surface area contributed by atoms with Crippen molar-refractivity contribution < 1.29 is 4.79 Å². The van der Waals surface area contributed by atoms with Crippen molar-refractivity contribution in [2.75, 3.05) is 26.7 Å². The van der Waals surface area contributed by atoms with Gasteiger partial charge in [-0.15, -0.1) is 0 Å². The Kier molecular flexibility index (Phi) is 17.3. The van der Waals surface area contributed by atoms with E-state index in [2.05, 4.69) is 29.8 Å². The van der Waals surface area contributed by atoms with Crippen LogP contribution in [0.15, 0.2) is 0 Å². The molecule has 4 nitrogen and oxygen atoms in total. The highest BCUT2D eigenvalue weighted by Gasteiger charge is 2.06. The van der Waals surface area contributed by atoms with Gasteiger partial charge in [-0.25, -0.2) is 0 Å². The van der Waals surface area contributed by atoms with Crippen LogP contribution in [0.4, 0.5) is 0 Å². The van der Waals surface area contributed by atoms with E-state index in [0.717, 1.165) is 32.5 Å². The fourth-order valence-electron chi connectivity index (χ4n) is 2.72. The number of nitrogens with one attached hydrogen (secondary N) is 3. The molecule has 3 N–H and O–H groups in total. The standard InChI is InChI=1S/C19H41N3O/c1-4-5-6-7-8-9-10-11-13-18(2)22-19(23)14-17-21-16-12-15-20-3/h18,20-21H,4-17H2,1-3H3,(H,22,23). The van der Waals surface area contributed by atoms with E-state index in [-0.39, 0.29) is 5.91 Å². The highest BCUT2D eigenvalue weighted by molar-refractivity contribution is 5.76. The predicted molar refractivity (Wildman–Crippen MR) is 101 cm³/mol. The normalized spacial score (nSPS) is 12.3. The number of rotatable bonds is 17. The van der Waals surface area contributed by atoms with Crippen molar-refractivity contribution in [1.82, 2.24) is 16.0 Å². The van der Waals surface area contributed by atoms with E-state index in [1.165, 1.54) is 51.4 Å². The van der Waals surface area contributed by atoms with E-state index in [1.54, 1.807) is 0 Å². The van der Waals surface area contributed by atoms with Crippen molar-refractivity contribution in [2.45, 2.75) is 90.5 Å². The Morgan fingerprint density at radius 1 is 0.870 bits per heavy atom. The monoisotopic (exact) mass is 327 g/mol. The summed E-state index contributed by atoms with van der Waals surface area (Å²) in [6, 6.07) is 0.312. The number of unbranched alkanes of at least 4 members (excludes halogenated alkanes) is 7. The zero-order chi connectivity index (χ0) is 17.2. The van der Waals surface area contributed by atoms with Crippen LogP contribution in [0.1, 0.15) is 84.5 Å². The lowest BCUT2D eigenvalue weighted by atomic mass is 10.1. The molecule has 0 aromatic rings. The summed E-state index contributed by atoms with van der Waals surface area (Å²) in [5.74, 6) is 0.179. The zero-order valence-corrected chi connectivity index (χ0v) is 15.9. The number of amides is 1. The van der Waals surface area contributed by atoms with E-state index in [4.69, 9.17) is 0 Å². The van der Waals surface area contributed by atoms with Crippen molar-refractivity contribution in [3.8, 4) is 0 Å². The van der Waals surface area contributed by atoms with E-state index >= 15 is 0 Å². The Hall–Kier alpha value is -0.610. The van der Waals surface area contributed by atoms with Crippen LogP contribution < -0.4 is 16.0 Å². The van der Waals surface area contributed by atoms with Gasteiger partial charge < -0.3 is 16.0 Å². The first-order valence-corrected chi connectivity index (χ1v) is 9.85. The lowest BCUT2D eigenvalue weighted by Crippen LogP contribution is -2.34. The molecule has 0 saturated heterocycles. The van der Waals surface area contributed by atoms with Crippen molar-refractivity contribution in [3.05, 3.63) is 0 Å². The van der Waals surface area contributed by atoms with Crippen molar-refractivity contribution in [1.29, 1.82) is 0 Å². The molecular weight excluding hydrogens is 286 g/mol. The molecule has 0 aliphatic rings. The van der Waals surface area contributed by atoms with E-state index in [1.807, 2.05) is 7.05 Å². The minimum absolute atomic E-state index is 0.179. The Bertz CT molecular complexity index is 259. The fourth-order valence-corrected chi connectivity index (χ4v) is 2.72. The quantitative estimate of drug-likeness (QED) is 0.358. The summed E-state index contributed by atoms with van der Waals surface area (Å²) >= 11 is 0. The van der Waals surface area contributed by atoms with Crippen LogP contribution in [0.2, 0.25) is 0 Å². The first-order chi connectivity index (χ1) is 11.2.